The van der Waals surface area contributed by atoms with Crippen molar-refractivity contribution in [3.05, 3.63) is 96.6 Å². The van der Waals surface area contributed by atoms with Gasteiger partial charge in [-0.1, -0.05) is 6.58 Å². The van der Waals surface area contributed by atoms with Crippen molar-refractivity contribution in [1.29, 1.82) is 0 Å². The van der Waals surface area contributed by atoms with Crippen molar-refractivity contribution >= 4 is 17.9 Å². The molecule has 180 valence electrons. The quantitative estimate of drug-likeness (QED) is 0.183. The second kappa shape index (κ2) is 12.6. The molecule has 0 spiro atoms. The highest BCUT2D eigenvalue weighted by Crippen LogP contribution is 2.20. The van der Waals surface area contributed by atoms with E-state index in [1.54, 1.807) is 24.3 Å². The third-order valence-electron chi connectivity index (χ3n) is 4.66. The Kier molecular flexibility index (Phi) is 9.01. The summed E-state index contributed by atoms with van der Waals surface area (Å²) < 4.78 is 21.1. The smallest absolute Gasteiger partial charge is 0.343 e. The van der Waals surface area contributed by atoms with E-state index < -0.39 is 17.9 Å². The third-order valence-corrected chi connectivity index (χ3v) is 4.66. The third kappa shape index (κ3) is 8.04. The number of phenols is 1. The molecule has 0 amide bonds. The molecule has 8 heteroatoms. The molecule has 0 bridgehead atoms. The van der Waals surface area contributed by atoms with Crippen molar-refractivity contribution in [2.45, 2.75) is 12.8 Å². The van der Waals surface area contributed by atoms with Crippen LogP contribution in [-0.2, 0) is 9.53 Å². The standard InChI is InChI=1S/C27H24O8/c1-2-25(29)33-18-4-3-17-32-22-11-5-19(6-12-22)26(30)34-23-13-7-20(8-14-23)27(31)35-24-15-9-21(28)10-16-24/h2,5-16,28H,1,3-4,17-18H2. The fourth-order valence-electron chi connectivity index (χ4n) is 2.82. The van der Waals surface area contributed by atoms with Crippen molar-refractivity contribution in [1.82, 2.24) is 0 Å². The van der Waals surface area contributed by atoms with E-state index in [0.717, 1.165) is 6.08 Å². The molecule has 0 radical (unpaired) electrons. The average Bonchev–Trinajstić information content (AvgIpc) is 2.88. The largest absolute Gasteiger partial charge is 0.508 e. The molecule has 3 aromatic carbocycles. The molecule has 0 saturated heterocycles. The van der Waals surface area contributed by atoms with Crippen LogP contribution in [0.5, 0.6) is 23.0 Å². The predicted molar refractivity (Wildman–Crippen MR) is 127 cm³/mol. The lowest BCUT2D eigenvalue weighted by molar-refractivity contribution is -0.137. The Hall–Kier alpha value is -4.59. The van der Waals surface area contributed by atoms with E-state index in [2.05, 4.69) is 6.58 Å². The van der Waals surface area contributed by atoms with Gasteiger partial charge in [0.25, 0.3) is 0 Å². The Morgan fingerprint density at radius 3 is 1.66 bits per heavy atom. The maximum absolute atomic E-state index is 12.4. The summed E-state index contributed by atoms with van der Waals surface area (Å²) in [7, 11) is 0. The highest BCUT2D eigenvalue weighted by atomic mass is 16.5. The van der Waals surface area contributed by atoms with Gasteiger partial charge in [0.1, 0.15) is 23.0 Å². The molecule has 0 aliphatic rings. The number of hydrogen-bond acceptors (Lipinski definition) is 8. The summed E-state index contributed by atoms with van der Waals surface area (Å²) in [4.78, 5) is 35.6. The van der Waals surface area contributed by atoms with Crippen LogP contribution in [0.1, 0.15) is 33.6 Å². The first-order chi connectivity index (χ1) is 16.9. The molecule has 8 nitrogen and oxygen atoms in total. The van der Waals surface area contributed by atoms with Gasteiger partial charge in [-0.2, -0.15) is 0 Å². The zero-order chi connectivity index (χ0) is 25.0. The fraction of sp³-hybridized carbons (Fsp3) is 0.148. The van der Waals surface area contributed by atoms with Crippen LogP contribution in [0.4, 0.5) is 0 Å². The van der Waals surface area contributed by atoms with E-state index in [1.165, 1.54) is 48.5 Å². The van der Waals surface area contributed by atoms with Crippen molar-refractivity contribution < 1.29 is 38.4 Å². The molecule has 0 aliphatic carbocycles. The van der Waals surface area contributed by atoms with Gasteiger partial charge in [0.2, 0.25) is 0 Å². The van der Waals surface area contributed by atoms with Gasteiger partial charge in [-0.3, -0.25) is 0 Å². The molecular weight excluding hydrogens is 452 g/mol. The Balaban J connectivity index is 1.44. The Morgan fingerprint density at radius 2 is 1.14 bits per heavy atom. The maximum Gasteiger partial charge on any atom is 0.343 e. The summed E-state index contributed by atoms with van der Waals surface area (Å²) in [5.41, 5.74) is 0.614. The molecular formula is C27H24O8. The number of hydrogen-bond donors (Lipinski definition) is 1. The molecule has 3 rings (SSSR count). The first-order valence-corrected chi connectivity index (χ1v) is 10.8. The van der Waals surface area contributed by atoms with E-state index in [1.807, 2.05) is 0 Å². The summed E-state index contributed by atoms with van der Waals surface area (Å²) in [6, 6.07) is 18.2. The number of aromatic hydroxyl groups is 1. The lowest BCUT2D eigenvalue weighted by Crippen LogP contribution is -2.10. The molecule has 0 fully saturated rings. The van der Waals surface area contributed by atoms with Gasteiger partial charge in [0, 0.05) is 6.08 Å². The minimum atomic E-state index is -0.582. The summed E-state index contributed by atoms with van der Waals surface area (Å²) >= 11 is 0. The van der Waals surface area contributed by atoms with E-state index in [9.17, 15) is 19.5 Å². The predicted octanol–water partition coefficient (Wildman–Crippen LogP) is 4.72. The maximum atomic E-state index is 12.4. The van der Waals surface area contributed by atoms with Crippen molar-refractivity contribution in [2.75, 3.05) is 13.2 Å². The summed E-state index contributed by atoms with van der Waals surface area (Å²) in [6.45, 7) is 4.07. The molecule has 0 saturated carbocycles. The number of carbonyl (C=O) groups excluding carboxylic acids is 3. The van der Waals surface area contributed by atoms with Crippen LogP contribution < -0.4 is 14.2 Å². The van der Waals surface area contributed by atoms with Crippen LogP contribution in [0.15, 0.2) is 85.5 Å². The Labute approximate surface area is 202 Å². The molecule has 1 N–H and O–H groups in total. The second-order valence-corrected chi connectivity index (χ2v) is 7.25. The first kappa shape index (κ1) is 25.0. The zero-order valence-corrected chi connectivity index (χ0v) is 18.8. The monoisotopic (exact) mass is 476 g/mol. The molecule has 3 aromatic rings. The second-order valence-electron chi connectivity index (χ2n) is 7.25. The number of ether oxygens (including phenoxy) is 4. The lowest BCUT2D eigenvalue weighted by atomic mass is 10.2. The van der Waals surface area contributed by atoms with Crippen LogP contribution in [0.25, 0.3) is 0 Å². The van der Waals surface area contributed by atoms with E-state index in [0.29, 0.717) is 43.1 Å². The molecule has 0 aliphatic heterocycles. The highest BCUT2D eigenvalue weighted by molar-refractivity contribution is 5.92. The number of rotatable bonds is 11. The van der Waals surface area contributed by atoms with E-state index in [-0.39, 0.29) is 17.1 Å². The molecule has 35 heavy (non-hydrogen) atoms. The number of unbranched alkanes of at least 4 members (excludes halogenated alkanes) is 1. The van der Waals surface area contributed by atoms with E-state index in [4.69, 9.17) is 18.9 Å². The highest BCUT2D eigenvalue weighted by Gasteiger charge is 2.12. The van der Waals surface area contributed by atoms with Gasteiger partial charge in [-0.05, 0) is 85.6 Å². The van der Waals surface area contributed by atoms with Gasteiger partial charge >= 0.3 is 17.9 Å². The van der Waals surface area contributed by atoms with Crippen LogP contribution in [-0.4, -0.2) is 36.2 Å². The minimum absolute atomic E-state index is 0.0684. The number of benzene rings is 3. The van der Waals surface area contributed by atoms with Gasteiger partial charge in [0.05, 0.1) is 24.3 Å². The zero-order valence-electron chi connectivity index (χ0n) is 18.8. The molecule has 0 aromatic heterocycles. The number of phenolic OH excluding ortho intramolecular Hbond substituents is 1. The van der Waals surface area contributed by atoms with Gasteiger partial charge in [-0.15, -0.1) is 0 Å². The summed E-state index contributed by atoms with van der Waals surface area (Å²) in [5.74, 6) is -0.349. The molecule has 0 unspecified atom stereocenters. The van der Waals surface area contributed by atoms with E-state index >= 15 is 0 Å². The van der Waals surface area contributed by atoms with Crippen LogP contribution >= 0.6 is 0 Å². The molecule has 0 atom stereocenters. The SMILES string of the molecule is C=CC(=O)OCCCCOc1ccc(C(=O)Oc2ccc(C(=O)Oc3ccc(O)cc3)cc2)cc1. The lowest BCUT2D eigenvalue weighted by Gasteiger charge is -2.08. The summed E-state index contributed by atoms with van der Waals surface area (Å²) in [6.07, 6.45) is 2.49. The summed E-state index contributed by atoms with van der Waals surface area (Å²) in [5, 5.41) is 9.28. The van der Waals surface area contributed by atoms with Gasteiger partial charge in [-0.25, -0.2) is 14.4 Å². The van der Waals surface area contributed by atoms with Crippen LogP contribution in [0.3, 0.4) is 0 Å². The van der Waals surface area contributed by atoms with Gasteiger partial charge < -0.3 is 24.1 Å². The Bertz CT molecular complexity index is 1150. The van der Waals surface area contributed by atoms with Crippen LogP contribution in [0, 0.1) is 0 Å². The Morgan fingerprint density at radius 1 is 0.686 bits per heavy atom. The topological polar surface area (TPSA) is 108 Å². The number of esters is 3. The van der Waals surface area contributed by atoms with Crippen LogP contribution in [0.2, 0.25) is 0 Å². The number of carbonyl (C=O) groups is 3. The van der Waals surface area contributed by atoms with Crippen molar-refractivity contribution in [3.8, 4) is 23.0 Å². The minimum Gasteiger partial charge on any atom is -0.508 e. The normalized spacial score (nSPS) is 10.2. The van der Waals surface area contributed by atoms with Gasteiger partial charge in [0.15, 0.2) is 0 Å². The molecule has 0 heterocycles. The fourth-order valence-corrected chi connectivity index (χ4v) is 2.82. The average molecular weight is 476 g/mol. The van der Waals surface area contributed by atoms with Crippen molar-refractivity contribution in [3.63, 3.8) is 0 Å². The van der Waals surface area contributed by atoms with Crippen molar-refractivity contribution in [2.24, 2.45) is 0 Å². The first-order valence-electron chi connectivity index (χ1n) is 10.8.